The van der Waals surface area contributed by atoms with Gasteiger partial charge in [-0.15, -0.1) is 0 Å². The fraction of sp³-hybridized carbons (Fsp3) is 0.500. The van der Waals surface area contributed by atoms with Crippen molar-refractivity contribution in [1.82, 2.24) is 15.6 Å². The zero-order valence-corrected chi connectivity index (χ0v) is 12.1. The minimum atomic E-state index is -0.174. The van der Waals surface area contributed by atoms with Crippen molar-refractivity contribution in [3.05, 3.63) is 23.4 Å². The predicted molar refractivity (Wildman–Crippen MR) is 79.5 cm³/mol. The molecule has 114 valence electrons. The largest absolute Gasteiger partial charge is 0.354 e. The number of carbonyl (C=O) groups is 2. The first-order valence-corrected chi connectivity index (χ1v) is 7.17. The lowest BCUT2D eigenvalue weighted by Crippen LogP contribution is -2.47. The van der Waals surface area contributed by atoms with E-state index in [0.29, 0.717) is 30.8 Å². The van der Waals surface area contributed by atoms with E-state index in [-0.39, 0.29) is 17.9 Å². The van der Waals surface area contributed by atoms with E-state index < -0.39 is 0 Å². The summed E-state index contributed by atoms with van der Waals surface area (Å²) in [5, 5.41) is 5.67. The summed E-state index contributed by atoms with van der Waals surface area (Å²) in [6.45, 7) is 2.52. The second-order valence-electron chi connectivity index (χ2n) is 5.14. The smallest absolute Gasteiger partial charge is 0.251 e. The molecule has 1 fully saturated rings. The third kappa shape index (κ3) is 4.16. The van der Waals surface area contributed by atoms with Gasteiger partial charge in [0, 0.05) is 30.3 Å². The van der Waals surface area contributed by atoms with Crippen molar-refractivity contribution in [2.45, 2.75) is 38.6 Å². The second kappa shape index (κ2) is 7.03. The molecule has 0 bridgehead atoms. The number of carbonyl (C=O) groups excluding carboxylic acids is 2. The Balaban J connectivity index is 2.07. The van der Waals surface area contributed by atoms with Crippen LogP contribution >= 0.6 is 0 Å². The molecule has 0 aliphatic carbocycles. The SMILES string of the molecule is CCCc1cc(C(=O)NC2CCC(=O)NC2)cc(NN)n1. The molecule has 2 amide bonds. The van der Waals surface area contributed by atoms with E-state index in [9.17, 15) is 9.59 Å². The molecule has 2 heterocycles. The maximum Gasteiger partial charge on any atom is 0.251 e. The zero-order valence-electron chi connectivity index (χ0n) is 12.1. The summed E-state index contributed by atoms with van der Waals surface area (Å²) in [7, 11) is 0. The van der Waals surface area contributed by atoms with Gasteiger partial charge in [0.25, 0.3) is 5.91 Å². The number of nitrogen functional groups attached to an aromatic ring is 1. The third-order valence-electron chi connectivity index (χ3n) is 3.40. The summed E-state index contributed by atoms with van der Waals surface area (Å²) < 4.78 is 0. The van der Waals surface area contributed by atoms with Gasteiger partial charge in [-0.1, -0.05) is 13.3 Å². The van der Waals surface area contributed by atoms with E-state index in [1.54, 1.807) is 12.1 Å². The number of nitrogens with one attached hydrogen (secondary N) is 3. The lowest BCUT2D eigenvalue weighted by atomic mass is 10.1. The first-order valence-electron chi connectivity index (χ1n) is 7.17. The summed E-state index contributed by atoms with van der Waals surface area (Å²) >= 11 is 0. The van der Waals surface area contributed by atoms with Crippen molar-refractivity contribution in [2.24, 2.45) is 5.84 Å². The number of amides is 2. The Bertz CT molecular complexity index is 522. The summed E-state index contributed by atoms with van der Waals surface area (Å²) in [6, 6.07) is 3.36. The monoisotopic (exact) mass is 291 g/mol. The van der Waals surface area contributed by atoms with E-state index in [4.69, 9.17) is 5.84 Å². The molecule has 0 aromatic carbocycles. The van der Waals surface area contributed by atoms with Crippen molar-refractivity contribution >= 4 is 17.6 Å². The average Bonchev–Trinajstić information content (AvgIpc) is 2.49. The van der Waals surface area contributed by atoms with Gasteiger partial charge < -0.3 is 16.1 Å². The minimum Gasteiger partial charge on any atom is -0.354 e. The summed E-state index contributed by atoms with van der Waals surface area (Å²) in [5.74, 6) is 5.72. The molecule has 7 heteroatoms. The molecule has 0 saturated carbocycles. The van der Waals surface area contributed by atoms with Crippen molar-refractivity contribution in [2.75, 3.05) is 12.0 Å². The molecular weight excluding hydrogens is 270 g/mol. The number of rotatable bonds is 5. The molecule has 1 atom stereocenters. The standard InChI is InChI=1S/C14H21N5O2/c1-2-3-10-6-9(7-12(17-10)19-15)14(21)18-11-4-5-13(20)16-8-11/h6-7,11H,2-5,8,15H2,1H3,(H,16,20)(H,17,19)(H,18,21). The number of anilines is 1. The first kappa shape index (κ1) is 15.2. The van der Waals surface area contributed by atoms with Crippen LogP contribution in [0.15, 0.2) is 12.1 Å². The van der Waals surface area contributed by atoms with Crippen LogP contribution in [0.2, 0.25) is 0 Å². The summed E-state index contributed by atoms with van der Waals surface area (Å²) in [5.41, 5.74) is 3.84. The number of hydrogen-bond acceptors (Lipinski definition) is 5. The van der Waals surface area contributed by atoms with Crippen molar-refractivity contribution in [3.8, 4) is 0 Å². The molecule has 1 aromatic rings. The van der Waals surface area contributed by atoms with Gasteiger partial charge in [0.05, 0.1) is 0 Å². The molecule has 21 heavy (non-hydrogen) atoms. The van der Waals surface area contributed by atoms with Crippen LogP contribution in [0.1, 0.15) is 42.2 Å². The number of aromatic nitrogens is 1. The summed E-state index contributed by atoms with van der Waals surface area (Å²) in [6.07, 6.45) is 2.83. The van der Waals surface area contributed by atoms with Crippen LogP contribution in [-0.2, 0) is 11.2 Å². The average molecular weight is 291 g/mol. The van der Waals surface area contributed by atoms with Gasteiger partial charge in [-0.2, -0.15) is 0 Å². The van der Waals surface area contributed by atoms with Gasteiger partial charge in [-0.05, 0) is 25.0 Å². The number of pyridine rings is 1. The first-order chi connectivity index (χ1) is 10.1. The molecule has 1 unspecified atom stereocenters. The quantitative estimate of drug-likeness (QED) is 0.462. The Morgan fingerprint density at radius 3 is 2.95 bits per heavy atom. The molecule has 1 saturated heterocycles. The summed E-state index contributed by atoms with van der Waals surface area (Å²) in [4.78, 5) is 27.7. The molecule has 5 N–H and O–H groups in total. The maximum atomic E-state index is 12.3. The Kier molecular flexibility index (Phi) is 5.10. The highest BCUT2D eigenvalue weighted by atomic mass is 16.2. The number of hydrogen-bond donors (Lipinski definition) is 4. The van der Waals surface area contributed by atoms with Crippen molar-refractivity contribution < 1.29 is 9.59 Å². The Morgan fingerprint density at radius 1 is 1.52 bits per heavy atom. The van der Waals surface area contributed by atoms with Crippen molar-refractivity contribution in [1.29, 1.82) is 0 Å². The van der Waals surface area contributed by atoms with Crippen LogP contribution < -0.4 is 21.9 Å². The molecule has 0 spiro atoms. The molecule has 0 radical (unpaired) electrons. The Labute approximate surface area is 123 Å². The van der Waals surface area contributed by atoms with Crippen LogP contribution in [0.3, 0.4) is 0 Å². The Hall–Kier alpha value is -2.15. The lowest BCUT2D eigenvalue weighted by molar-refractivity contribution is -0.122. The van der Waals surface area contributed by atoms with Crippen LogP contribution in [-0.4, -0.2) is 29.4 Å². The normalized spacial score (nSPS) is 18.0. The third-order valence-corrected chi connectivity index (χ3v) is 3.40. The topological polar surface area (TPSA) is 109 Å². The number of nitrogens with two attached hydrogens (primary N) is 1. The highest BCUT2D eigenvalue weighted by Crippen LogP contribution is 2.12. The van der Waals surface area contributed by atoms with Gasteiger partial charge in [0.15, 0.2) is 0 Å². The van der Waals surface area contributed by atoms with Crippen LogP contribution in [0.4, 0.5) is 5.82 Å². The molecule has 7 nitrogen and oxygen atoms in total. The fourth-order valence-electron chi connectivity index (χ4n) is 2.30. The van der Waals surface area contributed by atoms with Gasteiger partial charge >= 0.3 is 0 Å². The molecule has 1 aromatic heterocycles. The van der Waals surface area contributed by atoms with Crippen molar-refractivity contribution in [3.63, 3.8) is 0 Å². The van der Waals surface area contributed by atoms with Gasteiger partial charge in [-0.3, -0.25) is 9.59 Å². The maximum absolute atomic E-state index is 12.3. The van der Waals surface area contributed by atoms with Crippen LogP contribution in [0, 0.1) is 0 Å². The molecule has 2 rings (SSSR count). The minimum absolute atomic E-state index is 0.0317. The number of aryl methyl sites for hydroxylation is 1. The highest BCUT2D eigenvalue weighted by Gasteiger charge is 2.20. The number of hydrazine groups is 1. The van der Waals surface area contributed by atoms with E-state index >= 15 is 0 Å². The van der Waals surface area contributed by atoms with Gasteiger partial charge in [0.1, 0.15) is 5.82 Å². The Morgan fingerprint density at radius 2 is 2.33 bits per heavy atom. The lowest BCUT2D eigenvalue weighted by Gasteiger charge is -2.23. The van der Waals surface area contributed by atoms with Crippen LogP contribution in [0.5, 0.6) is 0 Å². The van der Waals surface area contributed by atoms with E-state index in [1.807, 2.05) is 0 Å². The molecular formula is C14H21N5O2. The van der Waals surface area contributed by atoms with Gasteiger partial charge in [-0.25, -0.2) is 10.8 Å². The zero-order chi connectivity index (χ0) is 15.2. The predicted octanol–water partition coefficient (Wildman–Crippen LogP) is 0.328. The van der Waals surface area contributed by atoms with E-state index in [1.165, 1.54) is 0 Å². The molecule has 1 aliphatic rings. The second-order valence-corrected chi connectivity index (χ2v) is 5.14. The van der Waals surface area contributed by atoms with E-state index in [2.05, 4.69) is 28.0 Å². The number of piperidine rings is 1. The van der Waals surface area contributed by atoms with E-state index in [0.717, 1.165) is 18.5 Å². The van der Waals surface area contributed by atoms with Crippen LogP contribution in [0.25, 0.3) is 0 Å². The highest BCUT2D eigenvalue weighted by molar-refractivity contribution is 5.95. The fourth-order valence-corrected chi connectivity index (χ4v) is 2.30. The number of nitrogens with zero attached hydrogens (tertiary/aromatic N) is 1. The van der Waals surface area contributed by atoms with Gasteiger partial charge in [0.2, 0.25) is 5.91 Å². The molecule has 1 aliphatic heterocycles.